The first-order valence-corrected chi connectivity index (χ1v) is 7.26. The topological polar surface area (TPSA) is 40.5 Å². The van der Waals surface area contributed by atoms with Crippen LogP contribution in [0.5, 0.6) is 0 Å². The van der Waals surface area contributed by atoms with Crippen molar-refractivity contribution in [2.75, 3.05) is 13.1 Å². The second kappa shape index (κ2) is 4.97. The summed E-state index contributed by atoms with van der Waals surface area (Å²) in [6, 6.07) is 6.86. The molecule has 1 N–H and O–H groups in total. The van der Waals surface area contributed by atoms with Crippen LogP contribution in [-0.4, -0.2) is 29.1 Å². The van der Waals surface area contributed by atoms with Crippen LogP contribution in [0.2, 0.25) is 0 Å². The first-order valence-electron chi connectivity index (χ1n) is 7.26. The minimum absolute atomic E-state index is 0.406. The number of hydrogen-bond acceptors (Lipinski definition) is 2. The van der Waals surface area contributed by atoms with Gasteiger partial charge in [-0.15, -0.1) is 0 Å². The maximum absolute atomic E-state index is 11.1. The molecular weight excluding hydrogens is 238 g/mol. The normalized spacial score (nSPS) is 24.4. The largest absolute Gasteiger partial charge is 0.481 e. The van der Waals surface area contributed by atoms with E-state index in [1.54, 1.807) is 6.92 Å². The summed E-state index contributed by atoms with van der Waals surface area (Å²) in [5.74, 6) is -1.15. The number of nitrogens with zero attached hydrogens (tertiary/aromatic N) is 1. The molecule has 1 aliphatic carbocycles. The van der Waals surface area contributed by atoms with Gasteiger partial charge in [-0.05, 0) is 62.4 Å². The molecule has 3 rings (SSSR count). The van der Waals surface area contributed by atoms with Gasteiger partial charge >= 0.3 is 5.97 Å². The monoisotopic (exact) mass is 259 g/mol. The number of carboxylic acid groups (broad SMARTS) is 1. The SMILES string of the molecule is CC(C(=O)O)c1ccc2c(c1)CCC2N1CCCC1. The second-order valence-corrected chi connectivity index (χ2v) is 5.82. The number of likely N-dealkylation sites (tertiary alicyclic amines) is 1. The molecule has 2 atom stereocenters. The van der Waals surface area contributed by atoms with Crippen molar-refractivity contribution in [1.29, 1.82) is 0 Å². The predicted molar refractivity (Wildman–Crippen MR) is 74.4 cm³/mol. The summed E-state index contributed by atoms with van der Waals surface area (Å²) < 4.78 is 0. The van der Waals surface area contributed by atoms with Crippen molar-refractivity contribution < 1.29 is 9.90 Å². The van der Waals surface area contributed by atoms with Gasteiger partial charge in [0, 0.05) is 6.04 Å². The van der Waals surface area contributed by atoms with Crippen molar-refractivity contribution in [2.45, 2.75) is 44.6 Å². The summed E-state index contributed by atoms with van der Waals surface area (Å²) in [4.78, 5) is 13.7. The Balaban J connectivity index is 1.85. The molecule has 0 aromatic heterocycles. The summed E-state index contributed by atoms with van der Waals surface area (Å²) in [6.07, 6.45) is 4.93. The van der Waals surface area contributed by atoms with E-state index in [1.807, 2.05) is 6.07 Å². The van der Waals surface area contributed by atoms with Crippen LogP contribution in [0.25, 0.3) is 0 Å². The third-order valence-electron chi connectivity index (χ3n) is 4.66. The molecule has 0 bridgehead atoms. The first-order chi connectivity index (χ1) is 9.16. The average Bonchev–Trinajstić information content (AvgIpc) is 3.05. The molecule has 1 aliphatic heterocycles. The highest BCUT2D eigenvalue weighted by Crippen LogP contribution is 2.38. The highest BCUT2D eigenvalue weighted by molar-refractivity contribution is 5.75. The van der Waals surface area contributed by atoms with E-state index in [9.17, 15) is 4.79 Å². The standard InChI is InChI=1S/C16H21NO2/c1-11(16(18)19)12-4-6-14-13(10-12)5-7-15(14)17-8-2-3-9-17/h4,6,10-11,15H,2-3,5,7-9H2,1H3,(H,18,19). The number of aryl methyl sites for hydroxylation is 1. The Morgan fingerprint density at radius 1 is 1.37 bits per heavy atom. The van der Waals surface area contributed by atoms with E-state index in [0.29, 0.717) is 6.04 Å². The fourth-order valence-corrected chi connectivity index (χ4v) is 3.46. The fourth-order valence-electron chi connectivity index (χ4n) is 3.46. The Hall–Kier alpha value is -1.35. The zero-order valence-corrected chi connectivity index (χ0v) is 11.4. The van der Waals surface area contributed by atoms with Gasteiger partial charge in [-0.1, -0.05) is 18.2 Å². The molecule has 19 heavy (non-hydrogen) atoms. The Labute approximate surface area is 114 Å². The lowest BCUT2D eigenvalue weighted by Gasteiger charge is -2.24. The van der Waals surface area contributed by atoms with Crippen LogP contribution < -0.4 is 0 Å². The van der Waals surface area contributed by atoms with Crippen molar-refractivity contribution in [3.05, 3.63) is 34.9 Å². The molecular formula is C16H21NO2. The Bertz CT molecular complexity index is 492. The zero-order chi connectivity index (χ0) is 13.4. The van der Waals surface area contributed by atoms with Crippen molar-refractivity contribution in [1.82, 2.24) is 4.90 Å². The van der Waals surface area contributed by atoms with E-state index in [4.69, 9.17) is 5.11 Å². The molecule has 1 fully saturated rings. The minimum atomic E-state index is -0.742. The lowest BCUT2D eigenvalue weighted by Crippen LogP contribution is -2.23. The molecule has 2 aliphatic rings. The summed E-state index contributed by atoms with van der Waals surface area (Å²) >= 11 is 0. The molecule has 2 unspecified atom stereocenters. The molecule has 1 aromatic rings. The van der Waals surface area contributed by atoms with Gasteiger partial charge in [0.15, 0.2) is 0 Å². The summed E-state index contributed by atoms with van der Waals surface area (Å²) in [5.41, 5.74) is 3.74. The van der Waals surface area contributed by atoms with Crippen LogP contribution in [0, 0.1) is 0 Å². The maximum atomic E-state index is 11.1. The molecule has 0 saturated carbocycles. The first kappa shape index (κ1) is 12.7. The number of carboxylic acids is 1. The smallest absolute Gasteiger partial charge is 0.310 e. The zero-order valence-electron chi connectivity index (χ0n) is 11.4. The number of carbonyl (C=O) groups is 1. The molecule has 3 heteroatoms. The number of aliphatic carboxylic acids is 1. The number of benzene rings is 1. The van der Waals surface area contributed by atoms with E-state index in [-0.39, 0.29) is 0 Å². The lowest BCUT2D eigenvalue weighted by atomic mass is 9.96. The van der Waals surface area contributed by atoms with Crippen molar-refractivity contribution in [3.8, 4) is 0 Å². The van der Waals surface area contributed by atoms with Gasteiger partial charge in [-0.25, -0.2) is 0 Å². The molecule has 0 radical (unpaired) electrons. The van der Waals surface area contributed by atoms with E-state index < -0.39 is 11.9 Å². The predicted octanol–water partition coefficient (Wildman–Crippen LogP) is 2.96. The molecule has 0 amide bonds. The Morgan fingerprint density at radius 3 is 2.79 bits per heavy atom. The molecule has 102 valence electrons. The number of hydrogen-bond donors (Lipinski definition) is 1. The van der Waals surface area contributed by atoms with Crippen LogP contribution >= 0.6 is 0 Å². The van der Waals surface area contributed by atoms with Gasteiger partial charge in [-0.3, -0.25) is 9.69 Å². The van der Waals surface area contributed by atoms with Crippen LogP contribution in [0.3, 0.4) is 0 Å². The van der Waals surface area contributed by atoms with Gasteiger partial charge in [0.05, 0.1) is 5.92 Å². The molecule has 1 saturated heterocycles. The van der Waals surface area contributed by atoms with Gasteiger partial charge in [0.25, 0.3) is 0 Å². The van der Waals surface area contributed by atoms with E-state index >= 15 is 0 Å². The van der Waals surface area contributed by atoms with Gasteiger partial charge in [0.1, 0.15) is 0 Å². The van der Waals surface area contributed by atoms with Crippen LogP contribution in [0.15, 0.2) is 18.2 Å². The Kier molecular flexibility index (Phi) is 3.31. The summed E-state index contributed by atoms with van der Waals surface area (Å²) in [6.45, 7) is 4.20. The van der Waals surface area contributed by atoms with E-state index in [1.165, 1.54) is 43.5 Å². The third kappa shape index (κ3) is 2.27. The highest BCUT2D eigenvalue weighted by atomic mass is 16.4. The Morgan fingerprint density at radius 2 is 2.11 bits per heavy atom. The molecule has 3 nitrogen and oxygen atoms in total. The lowest BCUT2D eigenvalue weighted by molar-refractivity contribution is -0.138. The van der Waals surface area contributed by atoms with Crippen LogP contribution in [0.4, 0.5) is 0 Å². The molecule has 0 spiro atoms. The van der Waals surface area contributed by atoms with Crippen molar-refractivity contribution >= 4 is 5.97 Å². The molecule has 1 aromatic carbocycles. The third-order valence-corrected chi connectivity index (χ3v) is 4.66. The number of rotatable bonds is 3. The summed E-state index contributed by atoms with van der Waals surface area (Å²) in [5, 5.41) is 9.10. The van der Waals surface area contributed by atoms with Gasteiger partial charge < -0.3 is 5.11 Å². The highest BCUT2D eigenvalue weighted by Gasteiger charge is 2.30. The second-order valence-electron chi connectivity index (χ2n) is 5.82. The van der Waals surface area contributed by atoms with Crippen LogP contribution in [-0.2, 0) is 11.2 Å². The quantitative estimate of drug-likeness (QED) is 0.907. The minimum Gasteiger partial charge on any atom is -0.481 e. The van der Waals surface area contributed by atoms with Crippen LogP contribution in [0.1, 0.15) is 54.8 Å². The fraction of sp³-hybridized carbons (Fsp3) is 0.562. The van der Waals surface area contributed by atoms with Gasteiger partial charge in [-0.2, -0.15) is 0 Å². The van der Waals surface area contributed by atoms with E-state index in [0.717, 1.165) is 12.0 Å². The molecule has 1 heterocycles. The number of fused-ring (bicyclic) bond motifs is 1. The van der Waals surface area contributed by atoms with Gasteiger partial charge in [0.2, 0.25) is 0 Å². The van der Waals surface area contributed by atoms with Crippen molar-refractivity contribution in [2.24, 2.45) is 0 Å². The average molecular weight is 259 g/mol. The van der Waals surface area contributed by atoms with E-state index in [2.05, 4.69) is 17.0 Å². The summed E-state index contributed by atoms with van der Waals surface area (Å²) in [7, 11) is 0. The van der Waals surface area contributed by atoms with Crippen molar-refractivity contribution in [3.63, 3.8) is 0 Å². The maximum Gasteiger partial charge on any atom is 0.310 e.